The summed E-state index contributed by atoms with van der Waals surface area (Å²) in [7, 11) is 3.16. The van der Waals surface area contributed by atoms with E-state index in [1.54, 1.807) is 38.7 Å². The molecule has 0 aliphatic rings. The maximum absolute atomic E-state index is 6.18. The number of halogens is 1. The average molecular weight is 348 g/mol. The largest absolute Gasteiger partial charge is 0.495 e. The molecule has 0 saturated carbocycles. The molecule has 3 rings (SSSR count). The van der Waals surface area contributed by atoms with Gasteiger partial charge in [-0.1, -0.05) is 11.6 Å². The highest BCUT2D eigenvalue weighted by Crippen LogP contribution is 2.38. The monoisotopic (exact) mass is 347 g/mol. The van der Waals surface area contributed by atoms with Crippen LogP contribution < -0.4 is 14.8 Å². The Bertz CT molecular complexity index is 808. The van der Waals surface area contributed by atoms with Crippen LogP contribution in [-0.2, 0) is 0 Å². The second kappa shape index (κ2) is 6.85. The summed E-state index contributed by atoms with van der Waals surface area (Å²) >= 11 is 7.68. The van der Waals surface area contributed by atoms with E-state index in [1.165, 1.54) is 11.3 Å². The number of pyridine rings is 1. The van der Waals surface area contributed by atoms with Crippen LogP contribution in [0.25, 0.3) is 11.3 Å². The Kier molecular flexibility index (Phi) is 4.64. The third-order valence-corrected chi connectivity index (χ3v) is 4.25. The van der Waals surface area contributed by atoms with Gasteiger partial charge >= 0.3 is 0 Å². The van der Waals surface area contributed by atoms with Crippen molar-refractivity contribution < 1.29 is 9.47 Å². The molecular formula is C16H14ClN3O2S. The standard InChI is InChI=1S/C16H14ClN3O2S/c1-21-14-8-15(22-2)12(7-11(14)17)19-16-20-13(9-23-16)10-3-5-18-6-4-10/h3-9H,1-2H3,(H,19,20). The van der Waals surface area contributed by atoms with Gasteiger partial charge in [0.05, 0.1) is 30.6 Å². The van der Waals surface area contributed by atoms with Crippen LogP contribution in [0.2, 0.25) is 5.02 Å². The fourth-order valence-electron chi connectivity index (χ4n) is 2.06. The molecule has 2 heterocycles. The Labute approximate surface area is 142 Å². The molecule has 2 aromatic heterocycles. The molecule has 0 amide bonds. The molecule has 0 fully saturated rings. The lowest BCUT2D eigenvalue weighted by molar-refractivity contribution is 0.396. The Morgan fingerprint density at radius 1 is 1.09 bits per heavy atom. The summed E-state index contributed by atoms with van der Waals surface area (Å²) in [5.41, 5.74) is 2.64. The molecule has 0 bridgehead atoms. The molecule has 0 atom stereocenters. The van der Waals surface area contributed by atoms with E-state index in [-0.39, 0.29) is 0 Å². The van der Waals surface area contributed by atoms with Crippen LogP contribution in [0, 0.1) is 0 Å². The first-order chi connectivity index (χ1) is 11.2. The van der Waals surface area contributed by atoms with Gasteiger partial charge in [0.25, 0.3) is 0 Å². The molecule has 23 heavy (non-hydrogen) atoms. The van der Waals surface area contributed by atoms with Gasteiger partial charge in [-0.05, 0) is 18.2 Å². The molecular weight excluding hydrogens is 334 g/mol. The third-order valence-electron chi connectivity index (χ3n) is 3.20. The fraction of sp³-hybridized carbons (Fsp3) is 0.125. The van der Waals surface area contributed by atoms with Crippen LogP contribution in [0.3, 0.4) is 0 Å². The number of hydrogen-bond acceptors (Lipinski definition) is 6. The van der Waals surface area contributed by atoms with E-state index < -0.39 is 0 Å². The van der Waals surface area contributed by atoms with Gasteiger partial charge in [-0.3, -0.25) is 4.98 Å². The van der Waals surface area contributed by atoms with E-state index in [1.807, 2.05) is 17.5 Å². The number of nitrogens with one attached hydrogen (secondary N) is 1. The SMILES string of the molecule is COc1cc(OC)c(Nc2nc(-c3ccncc3)cs2)cc1Cl. The number of nitrogens with zero attached hydrogens (tertiary/aromatic N) is 2. The number of ether oxygens (including phenoxy) is 2. The van der Waals surface area contributed by atoms with Crippen LogP contribution in [0.5, 0.6) is 11.5 Å². The lowest BCUT2D eigenvalue weighted by atomic mass is 10.2. The Hall–Kier alpha value is -2.31. The quantitative estimate of drug-likeness (QED) is 0.729. The van der Waals surface area contributed by atoms with Crippen molar-refractivity contribution in [1.82, 2.24) is 9.97 Å². The minimum absolute atomic E-state index is 0.502. The molecule has 0 aliphatic heterocycles. The van der Waals surface area contributed by atoms with E-state index in [9.17, 15) is 0 Å². The number of thiazole rings is 1. The Balaban J connectivity index is 1.88. The number of benzene rings is 1. The first-order valence-electron chi connectivity index (χ1n) is 6.75. The van der Waals surface area contributed by atoms with Crippen LogP contribution in [0.15, 0.2) is 42.0 Å². The van der Waals surface area contributed by atoms with Crippen molar-refractivity contribution in [1.29, 1.82) is 0 Å². The smallest absolute Gasteiger partial charge is 0.187 e. The average Bonchev–Trinajstić information content (AvgIpc) is 3.04. The molecule has 0 radical (unpaired) electrons. The minimum atomic E-state index is 0.502. The van der Waals surface area contributed by atoms with Gasteiger partial charge in [0.15, 0.2) is 5.13 Å². The topological polar surface area (TPSA) is 56.3 Å². The fourth-order valence-corrected chi connectivity index (χ4v) is 3.03. The third kappa shape index (κ3) is 3.38. The summed E-state index contributed by atoms with van der Waals surface area (Å²) in [6.07, 6.45) is 3.49. The van der Waals surface area contributed by atoms with Gasteiger partial charge in [0.1, 0.15) is 11.5 Å². The summed E-state index contributed by atoms with van der Waals surface area (Å²) in [6, 6.07) is 7.34. The van der Waals surface area contributed by atoms with Crippen LogP contribution in [-0.4, -0.2) is 24.2 Å². The number of aromatic nitrogens is 2. The maximum Gasteiger partial charge on any atom is 0.187 e. The minimum Gasteiger partial charge on any atom is -0.495 e. The predicted molar refractivity (Wildman–Crippen MR) is 93.2 cm³/mol. The van der Waals surface area contributed by atoms with E-state index in [0.717, 1.165) is 22.1 Å². The molecule has 7 heteroatoms. The molecule has 0 unspecified atom stereocenters. The van der Waals surface area contributed by atoms with Crippen LogP contribution in [0.4, 0.5) is 10.8 Å². The Morgan fingerprint density at radius 3 is 2.52 bits per heavy atom. The first kappa shape index (κ1) is 15.6. The first-order valence-corrected chi connectivity index (χ1v) is 8.01. The second-order valence-electron chi connectivity index (χ2n) is 4.59. The predicted octanol–water partition coefficient (Wildman–Crippen LogP) is 4.62. The summed E-state index contributed by atoms with van der Waals surface area (Å²) in [6.45, 7) is 0. The van der Waals surface area contributed by atoms with Crippen molar-refractivity contribution >= 4 is 33.8 Å². The lowest BCUT2D eigenvalue weighted by Crippen LogP contribution is -1.96. The van der Waals surface area contributed by atoms with Gasteiger partial charge in [-0.2, -0.15) is 0 Å². The van der Waals surface area contributed by atoms with Crippen LogP contribution >= 0.6 is 22.9 Å². The van der Waals surface area contributed by atoms with E-state index >= 15 is 0 Å². The van der Waals surface area contributed by atoms with Crippen molar-refractivity contribution in [2.75, 3.05) is 19.5 Å². The lowest BCUT2D eigenvalue weighted by Gasteiger charge is -2.12. The van der Waals surface area contributed by atoms with Gasteiger partial charge in [0.2, 0.25) is 0 Å². The Morgan fingerprint density at radius 2 is 1.83 bits per heavy atom. The zero-order chi connectivity index (χ0) is 16.2. The molecule has 5 nitrogen and oxygen atoms in total. The normalized spacial score (nSPS) is 10.4. The molecule has 3 aromatic rings. The molecule has 0 saturated heterocycles. The summed E-state index contributed by atoms with van der Waals surface area (Å²) in [5, 5.41) is 6.46. The van der Waals surface area contributed by atoms with Gasteiger partial charge < -0.3 is 14.8 Å². The van der Waals surface area contributed by atoms with E-state index in [2.05, 4.69) is 15.3 Å². The second-order valence-corrected chi connectivity index (χ2v) is 5.85. The van der Waals surface area contributed by atoms with Gasteiger partial charge in [-0.25, -0.2) is 4.98 Å². The molecule has 1 aromatic carbocycles. The number of hydrogen-bond donors (Lipinski definition) is 1. The summed E-state index contributed by atoms with van der Waals surface area (Å²) in [4.78, 5) is 8.58. The van der Waals surface area contributed by atoms with Crippen molar-refractivity contribution in [2.24, 2.45) is 0 Å². The van der Waals surface area contributed by atoms with E-state index in [0.29, 0.717) is 16.5 Å². The van der Waals surface area contributed by atoms with Gasteiger partial charge in [-0.15, -0.1) is 11.3 Å². The summed E-state index contributed by atoms with van der Waals surface area (Å²) < 4.78 is 10.6. The zero-order valence-corrected chi connectivity index (χ0v) is 14.1. The summed E-state index contributed by atoms with van der Waals surface area (Å²) in [5.74, 6) is 1.19. The van der Waals surface area contributed by atoms with Gasteiger partial charge in [0, 0.05) is 29.4 Å². The zero-order valence-electron chi connectivity index (χ0n) is 12.5. The number of anilines is 2. The highest BCUT2D eigenvalue weighted by molar-refractivity contribution is 7.14. The molecule has 0 spiro atoms. The number of rotatable bonds is 5. The van der Waals surface area contributed by atoms with Crippen LogP contribution in [0.1, 0.15) is 0 Å². The van der Waals surface area contributed by atoms with Crippen molar-refractivity contribution in [3.05, 3.63) is 47.1 Å². The highest BCUT2D eigenvalue weighted by atomic mass is 35.5. The number of methoxy groups -OCH3 is 2. The maximum atomic E-state index is 6.18. The van der Waals surface area contributed by atoms with Crippen molar-refractivity contribution in [2.45, 2.75) is 0 Å². The molecule has 0 aliphatic carbocycles. The van der Waals surface area contributed by atoms with E-state index in [4.69, 9.17) is 21.1 Å². The molecule has 1 N–H and O–H groups in total. The van der Waals surface area contributed by atoms with Crippen molar-refractivity contribution in [3.63, 3.8) is 0 Å². The highest BCUT2D eigenvalue weighted by Gasteiger charge is 2.12. The van der Waals surface area contributed by atoms with Crippen molar-refractivity contribution in [3.8, 4) is 22.8 Å². The molecule has 118 valence electrons.